The predicted molar refractivity (Wildman–Crippen MR) is 106 cm³/mol. The monoisotopic (exact) mass is 374 g/mol. The van der Waals surface area contributed by atoms with E-state index in [4.69, 9.17) is 9.73 Å². The van der Waals surface area contributed by atoms with Crippen LogP contribution in [-0.4, -0.2) is 29.0 Å². The molecular formula is C23H22N2O3. The zero-order chi connectivity index (χ0) is 19.4. The molecule has 0 radical (unpaired) electrons. The molecule has 28 heavy (non-hydrogen) atoms. The molecule has 1 aliphatic carbocycles. The standard InChI is InChI=1S/C23H22N2O3/c1-12-20-13(2)22(23(27)28-15-9-7-14(26)8-10-15)25-19(20)11-17-16-5-3-4-6-18(16)24-21(12)17/h3-6,11,14-15,26H,7-10H2,1-2H3. The van der Waals surface area contributed by atoms with Crippen LogP contribution in [0.1, 0.15) is 38.2 Å². The number of ether oxygens (including phenoxy) is 1. The molecule has 2 aliphatic heterocycles. The smallest absolute Gasteiger partial charge is 0.357 e. The summed E-state index contributed by atoms with van der Waals surface area (Å²) in [7, 11) is 0. The summed E-state index contributed by atoms with van der Waals surface area (Å²) in [5.74, 6) is -0.369. The maximum absolute atomic E-state index is 12.8. The van der Waals surface area contributed by atoms with Crippen LogP contribution >= 0.6 is 0 Å². The molecule has 1 fully saturated rings. The third-order valence-electron chi connectivity index (χ3n) is 6.02. The zero-order valence-electron chi connectivity index (χ0n) is 16.0. The van der Waals surface area contributed by atoms with E-state index in [0.717, 1.165) is 43.5 Å². The maximum atomic E-state index is 12.8. The molecule has 142 valence electrons. The first-order valence-electron chi connectivity index (χ1n) is 9.83. The molecule has 0 amide bonds. The fraction of sp³-hybridized carbons (Fsp3) is 0.348. The fourth-order valence-electron chi connectivity index (χ4n) is 4.51. The average Bonchev–Trinajstić information content (AvgIpc) is 3.23. The van der Waals surface area contributed by atoms with E-state index in [1.165, 1.54) is 0 Å². The van der Waals surface area contributed by atoms with Gasteiger partial charge in [-0.2, -0.15) is 0 Å². The second kappa shape index (κ2) is 6.38. The molecule has 5 rings (SSSR count). The predicted octanol–water partition coefficient (Wildman–Crippen LogP) is 2.65. The largest absolute Gasteiger partial charge is 0.458 e. The SMILES string of the molecule is CC1=c2c(cc3c(c2C)N=c2ccccc2=3)N=C1C(=O)OC1CCC(O)CC1. The maximum Gasteiger partial charge on any atom is 0.357 e. The van der Waals surface area contributed by atoms with Gasteiger partial charge in [0.2, 0.25) is 0 Å². The summed E-state index contributed by atoms with van der Waals surface area (Å²) >= 11 is 0. The van der Waals surface area contributed by atoms with Crippen LogP contribution in [0.2, 0.25) is 0 Å². The topological polar surface area (TPSA) is 71.2 Å². The number of benzene rings is 2. The molecule has 0 saturated heterocycles. The van der Waals surface area contributed by atoms with E-state index in [1.807, 2.05) is 38.1 Å². The van der Waals surface area contributed by atoms with Crippen LogP contribution in [0.15, 0.2) is 40.3 Å². The number of fused-ring (bicyclic) bond motifs is 3. The Kier molecular flexibility index (Phi) is 3.95. The number of para-hydroxylation sites is 1. The van der Waals surface area contributed by atoms with Crippen LogP contribution in [0.25, 0.3) is 5.57 Å². The Labute approximate surface area is 162 Å². The molecule has 1 N–H and O–H groups in total. The molecule has 2 heterocycles. The second-order valence-electron chi connectivity index (χ2n) is 7.84. The Morgan fingerprint density at radius 3 is 2.61 bits per heavy atom. The number of nitrogens with zero attached hydrogens (tertiary/aromatic N) is 2. The molecule has 2 aromatic carbocycles. The molecule has 0 unspecified atom stereocenters. The molecule has 5 heteroatoms. The normalized spacial score (nSPS) is 22.1. The van der Waals surface area contributed by atoms with Crippen LogP contribution in [-0.2, 0) is 9.53 Å². The van der Waals surface area contributed by atoms with Gasteiger partial charge in [0, 0.05) is 15.7 Å². The number of esters is 1. The number of carbonyl (C=O) groups is 1. The molecule has 0 spiro atoms. The van der Waals surface area contributed by atoms with Crippen molar-refractivity contribution in [2.45, 2.75) is 51.7 Å². The minimum Gasteiger partial charge on any atom is -0.458 e. The number of aliphatic hydroxyl groups is 1. The van der Waals surface area contributed by atoms with E-state index >= 15 is 0 Å². The first-order valence-corrected chi connectivity index (χ1v) is 9.83. The Bertz CT molecular complexity index is 1250. The summed E-state index contributed by atoms with van der Waals surface area (Å²) in [5.41, 5.74) is 4.06. The van der Waals surface area contributed by atoms with Gasteiger partial charge in [0.15, 0.2) is 5.71 Å². The van der Waals surface area contributed by atoms with Gasteiger partial charge >= 0.3 is 5.97 Å². The summed E-state index contributed by atoms with van der Waals surface area (Å²) in [4.78, 5) is 22.2. The first-order chi connectivity index (χ1) is 13.5. The van der Waals surface area contributed by atoms with Gasteiger partial charge in [-0.25, -0.2) is 14.8 Å². The zero-order valence-corrected chi connectivity index (χ0v) is 16.0. The number of aliphatic hydroxyl groups excluding tert-OH is 1. The van der Waals surface area contributed by atoms with Crippen LogP contribution < -0.4 is 10.6 Å². The van der Waals surface area contributed by atoms with Gasteiger partial charge in [-0.05, 0) is 62.8 Å². The van der Waals surface area contributed by atoms with Gasteiger partial charge in [-0.15, -0.1) is 0 Å². The van der Waals surface area contributed by atoms with Crippen LogP contribution in [0.4, 0.5) is 11.4 Å². The third kappa shape index (κ3) is 2.61. The highest BCUT2D eigenvalue weighted by Crippen LogP contribution is 2.29. The fourth-order valence-corrected chi connectivity index (χ4v) is 4.51. The Morgan fingerprint density at radius 1 is 1.07 bits per heavy atom. The van der Waals surface area contributed by atoms with E-state index in [2.05, 4.69) is 11.1 Å². The first kappa shape index (κ1) is 17.3. The molecule has 3 aliphatic rings. The van der Waals surface area contributed by atoms with Crippen molar-refractivity contribution in [1.29, 1.82) is 0 Å². The van der Waals surface area contributed by atoms with E-state index < -0.39 is 0 Å². The number of rotatable bonds is 2. The summed E-state index contributed by atoms with van der Waals surface area (Å²) < 4.78 is 5.70. The van der Waals surface area contributed by atoms with Crippen LogP contribution in [0.5, 0.6) is 0 Å². The van der Waals surface area contributed by atoms with E-state index in [0.29, 0.717) is 31.4 Å². The van der Waals surface area contributed by atoms with Gasteiger partial charge in [0.25, 0.3) is 0 Å². The van der Waals surface area contributed by atoms with E-state index in [-0.39, 0.29) is 18.2 Å². The Hall–Kier alpha value is -2.79. The molecule has 5 nitrogen and oxygen atoms in total. The van der Waals surface area contributed by atoms with Crippen molar-refractivity contribution < 1.29 is 14.6 Å². The highest BCUT2D eigenvalue weighted by atomic mass is 16.5. The van der Waals surface area contributed by atoms with Gasteiger partial charge < -0.3 is 9.84 Å². The van der Waals surface area contributed by atoms with E-state index in [9.17, 15) is 9.90 Å². The van der Waals surface area contributed by atoms with Gasteiger partial charge in [0.05, 0.1) is 22.8 Å². The van der Waals surface area contributed by atoms with Crippen molar-refractivity contribution in [3.63, 3.8) is 0 Å². The lowest BCUT2D eigenvalue weighted by atomic mass is 9.95. The van der Waals surface area contributed by atoms with Crippen molar-refractivity contribution in [2.24, 2.45) is 9.98 Å². The lowest BCUT2D eigenvalue weighted by molar-refractivity contribution is -0.142. The molecule has 0 bridgehead atoms. The van der Waals surface area contributed by atoms with E-state index in [1.54, 1.807) is 0 Å². The average molecular weight is 374 g/mol. The van der Waals surface area contributed by atoms with Gasteiger partial charge in [0.1, 0.15) is 6.10 Å². The number of carbonyl (C=O) groups excluding carboxylic acids is 1. The highest BCUT2D eigenvalue weighted by molar-refractivity contribution is 6.53. The summed E-state index contributed by atoms with van der Waals surface area (Å²) in [6.45, 7) is 3.97. The molecule has 1 saturated carbocycles. The number of hydrogen-bond donors (Lipinski definition) is 1. The van der Waals surface area contributed by atoms with Gasteiger partial charge in [-0.3, -0.25) is 0 Å². The Balaban J connectivity index is 1.55. The minimum atomic E-state index is -0.369. The van der Waals surface area contributed by atoms with Crippen molar-refractivity contribution >= 4 is 28.6 Å². The van der Waals surface area contributed by atoms with Crippen molar-refractivity contribution in [1.82, 2.24) is 0 Å². The highest BCUT2D eigenvalue weighted by Gasteiger charge is 2.28. The van der Waals surface area contributed by atoms with Crippen molar-refractivity contribution in [3.05, 3.63) is 56.9 Å². The second-order valence-corrected chi connectivity index (χ2v) is 7.84. The molecular weight excluding hydrogens is 352 g/mol. The Morgan fingerprint density at radius 2 is 1.82 bits per heavy atom. The molecule has 0 atom stereocenters. The third-order valence-corrected chi connectivity index (χ3v) is 6.02. The molecule has 0 aromatic heterocycles. The van der Waals surface area contributed by atoms with Crippen molar-refractivity contribution in [2.75, 3.05) is 0 Å². The summed E-state index contributed by atoms with van der Waals surface area (Å²) in [6, 6.07) is 10.1. The summed E-state index contributed by atoms with van der Waals surface area (Å²) in [5, 5.41) is 13.8. The number of hydrogen-bond acceptors (Lipinski definition) is 5. The van der Waals surface area contributed by atoms with Crippen LogP contribution in [0, 0.1) is 17.4 Å². The lowest BCUT2D eigenvalue weighted by Gasteiger charge is -2.25. The minimum absolute atomic E-state index is 0.136. The summed E-state index contributed by atoms with van der Waals surface area (Å²) in [6.07, 6.45) is 2.36. The quantitative estimate of drug-likeness (QED) is 0.701. The lowest BCUT2D eigenvalue weighted by Crippen LogP contribution is -2.29. The van der Waals surface area contributed by atoms with Crippen molar-refractivity contribution in [3.8, 4) is 0 Å². The number of aliphatic imine (C=N–C) groups is 1. The molecule has 2 aromatic rings. The van der Waals surface area contributed by atoms with Gasteiger partial charge in [-0.1, -0.05) is 18.2 Å². The van der Waals surface area contributed by atoms with Crippen LogP contribution in [0.3, 0.4) is 0 Å².